The van der Waals surface area contributed by atoms with Crippen molar-refractivity contribution < 1.29 is 13.2 Å². The Morgan fingerprint density at radius 3 is 2.43 bits per heavy atom. The summed E-state index contributed by atoms with van der Waals surface area (Å²) in [7, 11) is 0. The number of fused-ring (bicyclic) bond motifs is 1. The Morgan fingerprint density at radius 2 is 1.79 bits per heavy atom. The van der Waals surface area contributed by atoms with Crippen molar-refractivity contribution >= 4 is 0 Å². The highest BCUT2D eigenvalue weighted by atomic mass is 19.4. The molecule has 0 radical (unpaired) electrons. The molecular weight excluding hydrogens is 189 g/mol. The van der Waals surface area contributed by atoms with E-state index in [2.05, 4.69) is 6.92 Å². The van der Waals surface area contributed by atoms with Crippen LogP contribution >= 0.6 is 0 Å². The van der Waals surface area contributed by atoms with Gasteiger partial charge in [-0.25, -0.2) is 0 Å². The highest BCUT2D eigenvalue weighted by molar-refractivity contribution is 5.37. The minimum absolute atomic E-state index is 0.480. The molecule has 0 aliphatic heterocycles. The van der Waals surface area contributed by atoms with E-state index < -0.39 is 11.7 Å². The molecule has 0 saturated carbocycles. The summed E-state index contributed by atoms with van der Waals surface area (Å²) in [6, 6.07) is 4.08. The molecule has 0 fully saturated rings. The highest BCUT2D eigenvalue weighted by Crippen LogP contribution is 2.34. The molecule has 1 aliphatic carbocycles. The lowest BCUT2D eigenvalue weighted by Crippen LogP contribution is -2.05. The second-order valence-corrected chi connectivity index (χ2v) is 3.99. The number of hydrogen-bond donors (Lipinski definition) is 0. The topological polar surface area (TPSA) is 0 Å². The lowest BCUT2D eigenvalue weighted by atomic mass is 10.1. The van der Waals surface area contributed by atoms with Gasteiger partial charge in [-0.3, -0.25) is 0 Å². The summed E-state index contributed by atoms with van der Waals surface area (Å²) < 4.78 is 37.1. The zero-order valence-electron chi connectivity index (χ0n) is 7.86. The van der Waals surface area contributed by atoms with Crippen LogP contribution < -0.4 is 0 Å². The van der Waals surface area contributed by atoms with Gasteiger partial charge < -0.3 is 0 Å². The molecule has 1 aliphatic rings. The smallest absolute Gasteiger partial charge is 0.166 e. The second-order valence-electron chi connectivity index (χ2n) is 3.99. The molecule has 1 aromatic rings. The van der Waals surface area contributed by atoms with Gasteiger partial charge in [-0.05, 0) is 42.0 Å². The summed E-state index contributed by atoms with van der Waals surface area (Å²) in [6.07, 6.45) is -2.52. The van der Waals surface area contributed by atoms with Crippen LogP contribution in [0.15, 0.2) is 18.2 Å². The zero-order valence-corrected chi connectivity index (χ0v) is 7.86. The Kier molecular flexibility index (Phi) is 2.05. The van der Waals surface area contributed by atoms with E-state index >= 15 is 0 Å². The average molecular weight is 200 g/mol. The Morgan fingerprint density at radius 1 is 1.14 bits per heavy atom. The van der Waals surface area contributed by atoms with Gasteiger partial charge in [0, 0.05) is 0 Å². The molecule has 3 heteroatoms. The van der Waals surface area contributed by atoms with E-state index in [1.54, 1.807) is 6.07 Å². The van der Waals surface area contributed by atoms with Gasteiger partial charge in [0.1, 0.15) is 0 Å². The second kappa shape index (κ2) is 3.01. The fraction of sp³-hybridized carbons (Fsp3) is 0.455. The molecule has 0 N–H and O–H groups in total. The first-order valence-corrected chi connectivity index (χ1v) is 4.66. The van der Waals surface area contributed by atoms with Crippen LogP contribution in [-0.2, 0) is 19.0 Å². The first-order valence-electron chi connectivity index (χ1n) is 4.66. The van der Waals surface area contributed by atoms with Crippen molar-refractivity contribution in [3.05, 3.63) is 34.9 Å². The lowest BCUT2D eigenvalue weighted by molar-refractivity contribution is -0.137. The molecule has 0 aromatic heterocycles. The fourth-order valence-electron chi connectivity index (χ4n) is 2.01. The van der Waals surface area contributed by atoms with Crippen LogP contribution in [0.4, 0.5) is 13.2 Å². The van der Waals surface area contributed by atoms with Gasteiger partial charge in [0.15, 0.2) is 0 Å². The van der Waals surface area contributed by atoms with E-state index in [0.717, 1.165) is 24.0 Å². The summed E-state index contributed by atoms with van der Waals surface area (Å²) >= 11 is 0. The van der Waals surface area contributed by atoms with Crippen LogP contribution in [0.1, 0.15) is 23.6 Å². The summed E-state index contributed by atoms with van der Waals surface area (Å²) in [6.45, 7) is 2.06. The minimum atomic E-state index is -4.21. The van der Waals surface area contributed by atoms with Gasteiger partial charge >= 0.3 is 6.18 Å². The van der Waals surface area contributed by atoms with Gasteiger partial charge in [-0.2, -0.15) is 13.2 Å². The number of alkyl halides is 3. The number of rotatable bonds is 0. The monoisotopic (exact) mass is 200 g/mol. The summed E-state index contributed by atoms with van der Waals surface area (Å²) in [4.78, 5) is 0. The third-order valence-corrected chi connectivity index (χ3v) is 2.67. The zero-order chi connectivity index (χ0) is 10.3. The van der Waals surface area contributed by atoms with Crippen LogP contribution in [0.2, 0.25) is 0 Å². The molecule has 0 saturated heterocycles. The standard InChI is InChI=1S/C11H11F3/c1-7-4-8-2-3-10(11(12,13)14)6-9(8)5-7/h2-3,6-7H,4-5H2,1H3. The van der Waals surface area contributed by atoms with Crippen LogP contribution in [0.25, 0.3) is 0 Å². The van der Waals surface area contributed by atoms with E-state index in [1.165, 1.54) is 12.1 Å². The molecule has 1 aromatic carbocycles. The molecular formula is C11H11F3. The molecule has 1 atom stereocenters. The number of benzene rings is 1. The lowest BCUT2D eigenvalue weighted by Gasteiger charge is -2.08. The van der Waals surface area contributed by atoms with Gasteiger partial charge in [-0.15, -0.1) is 0 Å². The van der Waals surface area contributed by atoms with Crippen molar-refractivity contribution in [2.24, 2.45) is 5.92 Å². The van der Waals surface area contributed by atoms with Crippen LogP contribution in [0.3, 0.4) is 0 Å². The Labute approximate surface area is 80.7 Å². The minimum Gasteiger partial charge on any atom is -0.166 e. The van der Waals surface area contributed by atoms with Crippen molar-refractivity contribution in [2.45, 2.75) is 25.9 Å². The fourth-order valence-corrected chi connectivity index (χ4v) is 2.01. The van der Waals surface area contributed by atoms with Gasteiger partial charge in [-0.1, -0.05) is 13.0 Å². The Balaban J connectivity index is 2.38. The summed E-state index contributed by atoms with van der Waals surface area (Å²) in [5, 5.41) is 0. The van der Waals surface area contributed by atoms with E-state index in [0.29, 0.717) is 5.92 Å². The third kappa shape index (κ3) is 1.63. The summed E-state index contributed by atoms with van der Waals surface area (Å²) in [5.74, 6) is 0.480. The highest BCUT2D eigenvalue weighted by Gasteiger charge is 2.31. The van der Waals surface area contributed by atoms with Crippen molar-refractivity contribution in [1.29, 1.82) is 0 Å². The Hall–Kier alpha value is -0.990. The average Bonchev–Trinajstić information content (AvgIpc) is 2.41. The quantitative estimate of drug-likeness (QED) is 0.601. The molecule has 0 amide bonds. The SMILES string of the molecule is CC1Cc2ccc(C(F)(F)F)cc2C1. The third-order valence-electron chi connectivity index (χ3n) is 2.67. The first kappa shape index (κ1) is 9.56. The van der Waals surface area contributed by atoms with Crippen LogP contribution in [0.5, 0.6) is 0 Å². The van der Waals surface area contributed by atoms with E-state index in [9.17, 15) is 13.2 Å². The molecule has 76 valence electrons. The predicted molar refractivity (Wildman–Crippen MR) is 48.0 cm³/mol. The van der Waals surface area contributed by atoms with Crippen molar-refractivity contribution in [3.8, 4) is 0 Å². The van der Waals surface area contributed by atoms with Crippen LogP contribution in [-0.4, -0.2) is 0 Å². The number of halogens is 3. The Bertz CT molecular complexity index is 352. The molecule has 0 heterocycles. The van der Waals surface area contributed by atoms with E-state index in [-0.39, 0.29) is 0 Å². The van der Waals surface area contributed by atoms with Crippen molar-refractivity contribution in [1.82, 2.24) is 0 Å². The molecule has 0 bridgehead atoms. The molecule has 0 spiro atoms. The van der Waals surface area contributed by atoms with Gasteiger partial charge in [0.25, 0.3) is 0 Å². The largest absolute Gasteiger partial charge is 0.416 e. The maximum Gasteiger partial charge on any atom is 0.416 e. The van der Waals surface area contributed by atoms with Crippen molar-refractivity contribution in [3.63, 3.8) is 0 Å². The normalized spacial score (nSPS) is 21.0. The van der Waals surface area contributed by atoms with E-state index in [4.69, 9.17) is 0 Å². The maximum atomic E-state index is 12.4. The van der Waals surface area contributed by atoms with Gasteiger partial charge in [0.05, 0.1) is 5.56 Å². The molecule has 2 rings (SSSR count). The molecule has 14 heavy (non-hydrogen) atoms. The number of hydrogen-bond acceptors (Lipinski definition) is 0. The molecule has 1 unspecified atom stereocenters. The maximum absolute atomic E-state index is 12.4. The molecule has 0 nitrogen and oxygen atoms in total. The van der Waals surface area contributed by atoms with Gasteiger partial charge in [0.2, 0.25) is 0 Å². The van der Waals surface area contributed by atoms with Crippen molar-refractivity contribution in [2.75, 3.05) is 0 Å². The van der Waals surface area contributed by atoms with Crippen LogP contribution in [0, 0.1) is 5.92 Å². The summed E-state index contributed by atoms with van der Waals surface area (Å²) in [5.41, 5.74) is 1.42. The predicted octanol–water partition coefficient (Wildman–Crippen LogP) is 3.44. The first-order chi connectivity index (χ1) is 6.47. The van der Waals surface area contributed by atoms with E-state index in [1.807, 2.05) is 0 Å².